The average molecular weight is 407 g/mol. The van der Waals surface area contributed by atoms with E-state index < -0.39 is 10.8 Å². The number of hydrogen-bond donors (Lipinski definition) is 1. The number of para-hydroxylation sites is 1. The largest absolute Gasteiger partial charge is 0.487 e. The van der Waals surface area contributed by atoms with Gasteiger partial charge in [-0.25, -0.2) is 0 Å². The summed E-state index contributed by atoms with van der Waals surface area (Å²) in [7, 11) is 0. The van der Waals surface area contributed by atoms with Gasteiger partial charge in [0.2, 0.25) is 5.17 Å². The third-order valence-electron chi connectivity index (χ3n) is 3.99. The van der Waals surface area contributed by atoms with Crippen LogP contribution in [-0.2, 0) is 4.79 Å². The molecule has 0 spiro atoms. The van der Waals surface area contributed by atoms with E-state index in [1.807, 2.05) is 30.3 Å². The number of hydrogen-bond acceptors (Lipinski definition) is 7. The van der Waals surface area contributed by atoms with Gasteiger partial charge in [-0.3, -0.25) is 20.3 Å². The summed E-state index contributed by atoms with van der Waals surface area (Å²) in [5.41, 5.74) is 0.326. The van der Waals surface area contributed by atoms with E-state index in [2.05, 4.69) is 10.1 Å². The van der Waals surface area contributed by atoms with Crippen molar-refractivity contribution in [1.29, 1.82) is 5.41 Å². The third kappa shape index (κ3) is 3.92. The van der Waals surface area contributed by atoms with E-state index in [0.29, 0.717) is 16.4 Å². The first-order valence-electron chi connectivity index (χ1n) is 8.42. The quantitative estimate of drug-likeness (QED) is 0.461. The fourth-order valence-corrected chi connectivity index (χ4v) is 3.44. The highest BCUT2D eigenvalue weighted by Gasteiger charge is 2.35. The Morgan fingerprint density at radius 2 is 2.00 bits per heavy atom. The number of non-ortho nitro benzene ring substituents is 1. The lowest BCUT2D eigenvalue weighted by Gasteiger charge is -2.20. The monoisotopic (exact) mass is 407 g/mol. The molecule has 1 amide bonds. The molecule has 0 atom stereocenters. The molecule has 2 aliphatic rings. The van der Waals surface area contributed by atoms with E-state index in [-0.39, 0.29) is 28.9 Å². The maximum atomic E-state index is 12.4. The van der Waals surface area contributed by atoms with Crippen LogP contribution in [0.5, 0.6) is 5.75 Å². The van der Waals surface area contributed by atoms with Crippen LogP contribution in [0.4, 0.5) is 5.69 Å². The smallest absolute Gasteiger partial charge is 0.283 e. The van der Waals surface area contributed by atoms with E-state index in [0.717, 1.165) is 11.8 Å². The van der Waals surface area contributed by atoms with Gasteiger partial charge >= 0.3 is 0 Å². The number of nitrogens with zero attached hydrogens (tertiary/aromatic N) is 4. The number of carbonyl (C=O) groups excluding carboxylic acids is 1. The minimum atomic E-state index is -0.597. The predicted molar refractivity (Wildman–Crippen MR) is 110 cm³/mol. The van der Waals surface area contributed by atoms with Gasteiger partial charge in [-0.2, -0.15) is 15.1 Å². The van der Waals surface area contributed by atoms with Gasteiger partial charge in [0.25, 0.3) is 11.6 Å². The first-order chi connectivity index (χ1) is 14.0. The van der Waals surface area contributed by atoms with Gasteiger partial charge in [-0.15, -0.1) is 0 Å². The number of amidine groups is 2. The van der Waals surface area contributed by atoms with Gasteiger partial charge in [0.15, 0.2) is 5.84 Å². The molecular formula is C19H13N5O4S. The van der Waals surface area contributed by atoms with Crippen LogP contribution in [0.1, 0.15) is 5.56 Å². The number of fused-ring (bicyclic) bond motifs is 1. The molecule has 10 heteroatoms. The summed E-state index contributed by atoms with van der Waals surface area (Å²) < 4.78 is 5.65. The lowest BCUT2D eigenvalue weighted by molar-refractivity contribution is -0.384. The number of aliphatic imine (C=N–C) groups is 1. The zero-order valence-electron chi connectivity index (χ0n) is 14.8. The molecule has 1 N–H and O–H groups in total. The van der Waals surface area contributed by atoms with Crippen LogP contribution in [-0.4, -0.2) is 38.5 Å². The summed E-state index contributed by atoms with van der Waals surface area (Å²) in [5, 5.41) is 25.7. The standard InChI is InChI=1S/C19H13N5O4S/c20-17-15(10-12-5-4-6-13(9-12)24(26)27)18(25)21-19-23(17)22-16(29-19)11-28-14-7-2-1-3-8-14/h1-10,20H,11H2/b15-10-,20-17?. The Balaban J connectivity index is 1.55. The number of hydrazone groups is 1. The van der Waals surface area contributed by atoms with E-state index in [1.54, 1.807) is 6.07 Å². The highest BCUT2D eigenvalue weighted by Crippen LogP contribution is 2.29. The molecule has 2 aliphatic heterocycles. The van der Waals surface area contributed by atoms with E-state index in [4.69, 9.17) is 10.1 Å². The number of nitro benzene ring substituents is 1. The van der Waals surface area contributed by atoms with Crippen LogP contribution in [0.25, 0.3) is 6.08 Å². The van der Waals surface area contributed by atoms with Crippen molar-refractivity contribution in [3.63, 3.8) is 0 Å². The molecule has 144 valence electrons. The molecule has 0 saturated carbocycles. The van der Waals surface area contributed by atoms with Crippen LogP contribution >= 0.6 is 11.8 Å². The third-order valence-corrected chi connectivity index (χ3v) is 4.88. The predicted octanol–water partition coefficient (Wildman–Crippen LogP) is 3.29. The first kappa shape index (κ1) is 18.6. The van der Waals surface area contributed by atoms with Crippen molar-refractivity contribution in [3.8, 4) is 5.75 Å². The summed E-state index contributed by atoms with van der Waals surface area (Å²) in [6.45, 7) is 0.176. The number of benzene rings is 2. The van der Waals surface area contributed by atoms with Gasteiger partial charge in [0.05, 0.1) is 10.5 Å². The number of carbonyl (C=O) groups is 1. The van der Waals surface area contributed by atoms with Crippen LogP contribution < -0.4 is 4.74 Å². The highest BCUT2D eigenvalue weighted by molar-refractivity contribution is 8.27. The van der Waals surface area contributed by atoms with Gasteiger partial charge in [0, 0.05) is 12.1 Å². The molecular weight excluding hydrogens is 394 g/mol. The van der Waals surface area contributed by atoms with Crippen molar-refractivity contribution < 1.29 is 14.5 Å². The van der Waals surface area contributed by atoms with Crippen LogP contribution in [0.3, 0.4) is 0 Å². The molecule has 4 rings (SSSR count). The second kappa shape index (κ2) is 7.68. The average Bonchev–Trinajstić information content (AvgIpc) is 3.13. The molecule has 2 aromatic rings. The molecule has 9 nitrogen and oxygen atoms in total. The van der Waals surface area contributed by atoms with E-state index >= 15 is 0 Å². The number of nitro groups is 1. The van der Waals surface area contributed by atoms with E-state index in [9.17, 15) is 14.9 Å². The van der Waals surface area contributed by atoms with E-state index in [1.165, 1.54) is 29.3 Å². The van der Waals surface area contributed by atoms with Crippen molar-refractivity contribution >= 4 is 45.5 Å². The molecule has 0 aliphatic carbocycles. The van der Waals surface area contributed by atoms with Crippen LogP contribution in [0.15, 0.2) is 70.3 Å². The topological polar surface area (TPSA) is 121 Å². The number of ether oxygens (including phenoxy) is 1. The van der Waals surface area contributed by atoms with Crippen molar-refractivity contribution in [1.82, 2.24) is 5.01 Å². The fraction of sp³-hybridized carbons (Fsp3) is 0.0526. The second-order valence-corrected chi connectivity index (χ2v) is 7.01. The molecule has 0 saturated heterocycles. The second-order valence-electron chi connectivity index (χ2n) is 5.97. The molecule has 0 fully saturated rings. The highest BCUT2D eigenvalue weighted by atomic mass is 32.2. The SMILES string of the molecule is N=C1/C(=C/c2cccc([N+](=O)[O-])c2)C(=O)N=C2SC(COc3ccccc3)=NN12. The zero-order chi connectivity index (χ0) is 20.4. The van der Waals surface area contributed by atoms with Crippen molar-refractivity contribution in [2.24, 2.45) is 10.1 Å². The van der Waals surface area contributed by atoms with Crippen molar-refractivity contribution in [2.45, 2.75) is 0 Å². The molecule has 0 aromatic heterocycles. The van der Waals surface area contributed by atoms with Crippen LogP contribution in [0, 0.1) is 15.5 Å². The summed E-state index contributed by atoms with van der Waals surface area (Å²) in [4.78, 5) is 26.8. The Hall–Kier alpha value is -3.79. The van der Waals surface area contributed by atoms with Gasteiger partial charge in [0.1, 0.15) is 17.4 Å². The number of nitrogens with one attached hydrogen (secondary N) is 1. The zero-order valence-corrected chi connectivity index (χ0v) is 15.6. The summed E-state index contributed by atoms with van der Waals surface area (Å²) in [6.07, 6.45) is 1.40. The summed E-state index contributed by atoms with van der Waals surface area (Å²) in [6, 6.07) is 15.0. The molecule has 0 bridgehead atoms. The number of amides is 1. The Bertz CT molecular complexity index is 1110. The van der Waals surface area contributed by atoms with Crippen molar-refractivity contribution in [3.05, 3.63) is 75.8 Å². The Morgan fingerprint density at radius 1 is 1.21 bits per heavy atom. The minimum Gasteiger partial charge on any atom is -0.487 e. The number of rotatable bonds is 5. The fourth-order valence-electron chi connectivity index (χ4n) is 2.65. The first-order valence-corrected chi connectivity index (χ1v) is 9.24. The summed E-state index contributed by atoms with van der Waals surface area (Å²) >= 11 is 1.16. The minimum absolute atomic E-state index is 0.00354. The van der Waals surface area contributed by atoms with Crippen LogP contribution in [0.2, 0.25) is 0 Å². The Morgan fingerprint density at radius 3 is 2.76 bits per heavy atom. The van der Waals surface area contributed by atoms with Crippen molar-refractivity contribution in [2.75, 3.05) is 6.61 Å². The Labute approximate surface area is 169 Å². The normalized spacial score (nSPS) is 17.1. The molecule has 0 radical (unpaired) electrons. The Kier molecular flexibility index (Phi) is 4.92. The maximum absolute atomic E-state index is 12.4. The molecule has 2 heterocycles. The van der Waals surface area contributed by atoms with Gasteiger partial charge in [-0.1, -0.05) is 30.3 Å². The molecule has 0 unspecified atom stereocenters. The lowest BCUT2D eigenvalue weighted by atomic mass is 10.1. The number of thioether (sulfide) groups is 1. The summed E-state index contributed by atoms with van der Waals surface area (Å²) in [5.74, 6) is -0.0607. The lowest BCUT2D eigenvalue weighted by Crippen LogP contribution is -2.35. The van der Waals surface area contributed by atoms with Gasteiger partial charge in [-0.05, 0) is 35.5 Å². The van der Waals surface area contributed by atoms with Gasteiger partial charge < -0.3 is 4.74 Å². The molecule has 29 heavy (non-hydrogen) atoms. The maximum Gasteiger partial charge on any atom is 0.283 e. The molecule has 2 aromatic carbocycles.